The summed E-state index contributed by atoms with van der Waals surface area (Å²) in [5.74, 6) is 0.178. The van der Waals surface area contributed by atoms with Crippen LogP contribution in [0.3, 0.4) is 0 Å². The van der Waals surface area contributed by atoms with Crippen molar-refractivity contribution in [1.82, 2.24) is 0 Å². The molecule has 1 rings (SSSR count). The van der Waals surface area contributed by atoms with Gasteiger partial charge in [-0.15, -0.1) is 0 Å². The van der Waals surface area contributed by atoms with Crippen molar-refractivity contribution in [2.45, 2.75) is 13.3 Å². The summed E-state index contributed by atoms with van der Waals surface area (Å²) in [4.78, 5) is 21.4. The predicted molar refractivity (Wildman–Crippen MR) is 65.8 cm³/mol. The molecule has 0 bridgehead atoms. The number of hydrogen-bond acceptors (Lipinski definition) is 3. The molecule has 1 aromatic carbocycles. The number of rotatable bonds is 6. The molecule has 90 valence electrons. The maximum atomic E-state index is 10.9. The molecular weight excluding hydrogens is 218 g/mol. The van der Waals surface area contributed by atoms with Crippen molar-refractivity contribution in [1.29, 1.82) is 0 Å². The first-order valence-corrected chi connectivity index (χ1v) is 5.34. The van der Waals surface area contributed by atoms with Crippen LogP contribution < -0.4 is 10.5 Å². The molecule has 17 heavy (non-hydrogen) atoms. The van der Waals surface area contributed by atoms with Crippen LogP contribution in [-0.2, 0) is 4.79 Å². The van der Waals surface area contributed by atoms with E-state index in [4.69, 9.17) is 10.5 Å². The van der Waals surface area contributed by atoms with Crippen LogP contribution in [0.4, 0.5) is 0 Å². The predicted octanol–water partition coefficient (Wildman–Crippen LogP) is 1.79. The van der Waals surface area contributed by atoms with Crippen molar-refractivity contribution in [3.8, 4) is 5.75 Å². The lowest BCUT2D eigenvalue weighted by Gasteiger charge is -2.06. The Morgan fingerprint density at radius 2 is 2.24 bits per heavy atom. The fourth-order valence-electron chi connectivity index (χ4n) is 1.36. The molecule has 0 heterocycles. The fourth-order valence-corrected chi connectivity index (χ4v) is 1.36. The molecule has 0 unspecified atom stereocenters. The van der Waals surface area contributed by atoms with Crippen LogP contribution in [0.25, 0.3) is 6.08 Å². The summed E-state index contributed by atoms with van der Waals surface area (Å²) in [5, 5.41) is 0. The summed E-state index contributed by atoms with van der Waals surface area (Å²) in [6.45, 7) is 2.37. The van der Waals surface area contributed by atoms with Gasteiger partial charge in [-0.05, 0) is 24.6 Å². The molecule has 0 aliphatic rings. The molecule has 4 nitrogen and oxygen atoms in total. The number of primary amides is 1. The van der Waals surface area contributed by atoms with Gasteiger partial charge in [-0.3, -0.25) is 9.59 Å². The number of ether oxygens (including phenoxy) is 1. The second-order valence-electron chi connectivity index (χ2n) is 3.42. The summed E-state index contributed by atoms with van der Waals surface area (Å²) in [6.07, 6.45) is 4.33. The number of amides is 1. The summed E-state index contributed by atoms with van der Waals surface area (Å²) < 4.78 is 5.30. The highest BCUT2D eigenvalue weighted by atomic mass is 16.5. The van der Waals surface area contributed by atoms with Crippen molar-refractivity contribution in [2.75, 3.05) is 6.61 Å². The third-order valence-electron chi connectivity index (χ3n) is 2.09. The maximum Gasteiger partial charge on any atom is 0.221 e. The van der Waals surface area contributed by atoms with Crippen LogP contribution in [0.5, 0.6) is 5.75 Å². The van der Waals surface area contributed by atoms with E-state index in [1.165, 1.54) is 0 Å². The molecule has 4 heteroatoms. The van der Waals surface area contributed by atoms with Gasteiger partial charge in [0.1, 0.15) is 5.75 Å². The minimum absolute atomic E-state index is 0.184. The van der Waals surface area contributed by atoms with Gasteiger partial charge in [-0.25, -0.2) is 0 Å². The van der Waals surface area contributed by atoms with E-state index >= 15 is 0 Å². The lowest BCUT2D eigenvalue weighted by molar-refractivity contribution is -0.117. The Kier molecular flexibility index (Phi) is 4.94. The molecule has 0 spiro atoms. The summed E-state index contributed by atoms with van der Waals surface area (Å²) in [6, 6.07) is 5.25. The van der Waals surface area contributed by atoms with Gasteiger partial charge in [0.25, 0.3) is 0 Å². The quantitative estimate of drug-likeness (QED) is 0.761. The highest BCUT2D eigenvalue weighted by Gasteiger charge is 2.02. The van der Waals surface area contributed by atoms with Crippen LogP contribution >= 0.6 is 0 Å². The molecule has 1 aromatic rings. The molecule has 0 aliphatic carbocycles. The number of carbonyl (C=O) groups is 2. The highest BCUT2D eigenvalue weighted by molar-refractivity contribution is 5.81. The SMILES string of the molecule is CCOc1ccc(C=CCC(N)=O)cc1C=O. The van der Waals surface area contributed by atoms with E-state index in [-0.39, 0.29) is 12.3 Å². The lowest BCUT2D eigenvalue weighted by Crippen LogP contribution is -2.07. The van der Waals surface area contributed by atoms with Gasteiger partial charge in [0.05, 0.1) is 12.2 Å². The number of nitrogens with two attached hydrogens (primary N) is 1. The second-order valence-corrected chi connectivity index (χ2v) is 3.42. The van der Waals surface area contributed by atoms with E-state index < -0.39 is 0 Å². The minimum Gasteiger partial charge on any atom is -0.493 e. The van der Waals surface area contributed by atoms with Gasteiger partial charge in [-0.2, -0.15) is 0 Å². The van der Waals surface area contributed by atoms with Crippen LogP contribution in [0.1, 0.15) is 29.3 Å². The van der Waals surface area contributed by atoms with E-state index in [0.29, 0.717) is 17.9 Å². The number of hydrogen-bond donors (Lipinski definition) is 1. The first-order valence-electron chi connectivity index (χ1n) is 5.34. The molecular formula is C13H15NO3. The molecule has 0 aromatic heterocycles. The average molecular weight is 233 g/mol. The van der Waals surface area contributed by atoms with Crippen molar-refractivity contribution in [2.24, 2.45) is 5.73 Å². The Morgan fingerprint density at radius 1 is 1.47 bits per heavy atom. The topological polar surface area (TPSA) is 69.4 Å². The van der Waals surface area contributed by atoms with Crippen molar-refractivity contribution >= 4 is 18.3 Å². The lowest BCUT2D eigenvalue weighted by atomic mass is 10.1. The van der Waals surface area contributed by atoms with Crippen molar-refractivity contribution < 1.29 is 14.3 Å². The van der Waals surface area contributed by atoms with Crippen molar-refractivity contribution in [3.63, 3.8) is 0 Å². The third kappa shape index (κ3) is 4.10. The summed E-state index contributed by atoms with van der Waals surface area (Å²) >= 11 is 0. The Hall–Kier alpha value is -2.10. The minimum atomic E-state index is -0.386. The van der Waals surface area contributed by atoms with Gasteiger partial charge < -0.3 is 10.5 Å². The molecule has 2 N–H and O–H groups in total. The zero-order valence-corrected chi connectivity index (χ0v) is 9.68. The van der Waals surface area contributed by atoms with Gasteiger partial charge in [0.2, 0.25) is 5.91 Å². The maximum absolute atomic E-state index is 10.9. The van der Waals surface area contributed by atoms with E-state index in [0.717, 1.165) is 11.8 Å². The second kappa shape index (κ2) is 6.48. The average Bonchev–Trinajstić information content (AvgIpc) is 2.30. The summed E-state index contributed by atoms with van der Waals surface area (Å²) in [5.41, 5.74) is 6.33. The van der Waals surface area contributed by atoms with Crippen LogP contribution in [0.15, 0.2) is 24.3 Å². The number of benzene rings is 1. The van der Waals surface area contributed by atoms with Crippen LogP contribution in [0.2, 0.25) is 0 Å². The van der Waals surface area contributed by atoms with Gasteiger partial charge in [0, 0.05) is 6.42 Å². The smallest absolute Gasteiger partial charge is 0.221 e. The van der Waals surface area contributed by atoms with Gasteiger partial charge in [-0.1, -0.05) is 18.2 Å². The highest BCUT2D eigenvalue weighted by Crippen LogP contribution is 2.19. The Morgan fingerprint density at radius 3 is 2.82 bits per heavy atom. The zero-order valence-electron chi connectivity index (χ0n) is 9.68. The molecule has 0 saturated carbocycles. The van der Waals surface area contributed by atoms with Gasteiger partial charge >= 0.3 is 0 Å². The summed E-state index contributed by atoms with van der Waals surface area (Å²) in [7, 11) is 0. The molecule has 0 aliphatic heterocycles. The Balaban J connectivity index is 2.85. The first kappa shape index (κ1) is 13.0. The molecule has 0 radical (unpaired) electrons. The number of aldehydes is 1. The standard InChI is InChI=1S/C13H15NO3/c1-2-17-12-7-6-10(8-11(12)9-15)4-3-5-13(14)16/h3-4,6-9H,2,5H2,1H3,(H2,14,16). The molecule has 1 amide bonds. The Bertz CT molecular complexity index is 438. The van der Waals surface area contributed by atoms with E-state index in [1.807, 2.05) is 13.0 Å². The number of carbonyl (C=O) groups excluding carboxylic acids is 2. The fraction of sp³-hybridized carbons (Fsp3) is 0.231. The van der Waals surface area contributed by atoms with E-state index in [2.05, 4.69) is 0 Å². The molecule has 0 saturated heterocycles. The largest absolute Gasteiger partial charge is 0.493 e. The molecule has 0 fully saturated rings. The van der Waals surface area contributed by atoms with Gasteiger partial charge in [0.15, 0.2) is 6.29 Å². The first-order chi connectivity index (χ1) is 8.17. The monoisotopic (exact) mass is 233 g/mol. The van der Waals surface area contributed by atoms with E-state index in [9.17, 15) is 9.59 Å². The van der Waals surface area contributed by atoms with Crippen LogP contribution in [-0.4, -0.2) is 18.8 Å². The normalized spacial score (nSPS) is 10.4. The van der Waals surface area contributed by atoms with E-state index in [1.54, 1.807) is 24.3 Å². The third-order valence-corrected chi connectivity index (χ3v) is 2.09. The molecule has 0 atom stereocenters. The zero-order chi connectivity index (χ0) is 12.7. The van der Waals surface area contributed by atoms with Crippen LogP contribution in [0, 0.1) is 0 Å². The Labute approximate surface area is 100 Å². The van der Waals surface area contributed by atoms with Crippen molar-refractivity contribution in [3.05, 3.63) is 35.4 Å².